The zero-order valence-corrected chi connectivity index (χ0v) is 13.9. The topological polar surface area (TPSA) is 58.1 Å². The van der Waals surface area contributed by atoms with E-state index in [1.165, 1.54) is 6.07 Å². The predicted molar refractivity (Wildman–Crippen MR) is 92.5 cm³/mol. The van der Waals surface area contributed by atoms with E-state index >= 15 is 0 Å². The van der Waals surface area contributed by atoms with Gasteiger partial charge < -0.3 is 10.2 Å². The minimum Gasteiger partial charge on any atom is -0.366 e. The maximum absolute atomic E-state index is 13.9. The molecule has 1 N–H and O–H groups in total. The summed E-state index contributed by atoms with van der Waals surface area (Å²) in [5.41, 5.74) is 0.681. The lowest BCUT2D eigenvalue weighted by molar-refractivity contribution is -0.133. The van der Waals surface area contributed by atoms with Crippen LogP contribution in [0.3, 0.4) is 0 Å². The molecule has 0 bridgehead atoms. The van der Waals surface area contributed by atoms with Crippen LogP contribution in [0.25, 0.3) is 0 Å². The van der Waals surface area contributed by atoms with Crippen LogP contribution in [-0.2, 0) is 4.79 Å². The zero-order chi connectivity index (χ0) is 17.2. The summed E-state index contributed by atoms with van der Waals surface area (Å²) in [6.45, 7) is 1.47. The first kappa shape index (κ1) is 16.0. The highest BCUT2D eigenvalue weighted by Gasteiger charge is 2.47. The van der Waals surface area contributed by atoms with Gasteiger partial charge in [0.25, 0.3) is 0 Å². The third-order valence-electron chi connectivity index (χ3n) is 5.14. The second-order valence-electron chi connectivity index (χ2n) is 6.82. The number of amides is 1. The molecule has 0 spiro atoms. The van der Waals surface area contributed by atoms with Crippen molar-refractivity contribution >= 4 is 11.7 Å². The van der Waals surface area contributed by atoms with E-state index < -0.39 is 0 Å². The normalized spacial score (nSPS) is 23.3. The van der Waals surface area contributed by atoms with Crippen LogP contribution < -0.4 is 5.32 Å². The van der Waals surface area contributed by atoms with Gasteiger partial charge >= 0.3 is 0 Å². The van der Waals surface area contributed by atoms with Gasteiger partial charge in [-0.25, -0.2) is 4.39 Å². The van der Waals surface area contributed by atoms with Crippen LogP contribution in [0.5, 0.6) is 0 Å². The summed E-state index contributed by atoms with van der Waals surface area (Å²) in [6.07, 6.45) is 4.18. The van der Waals surface area contributed by atoms with Gasteiger partial charge in [-0.2, -0.15) is 5.10 Å². The Bertz CT molecular complexity index is 746. The molecule has 4 rings (SSSR count). The minimum absolute atomic E-state index is 0.0455. The average molecular weight is 340 g/mol. The first-order chi connectivity index (χ1) is 12.2. The number of hydrogen-bond acceptors (Lipinski definition) is 4. The van der Waals surface area contributed by atoms with Crippen LogP contribution in [0.4, 0.5) is 10.2 Å². The fourth-order valence-electron chi connectivity index (χ4n) is 3.65. The maximum Gasteiger partial charge on any atom is 0.226 e. The molecular formula is C19H21FN4O. The number of likely N-dealkylation sites (tertiary alicyclic amines) is 1. The highest BCUT2D eigenvalue weighted by Crippen LogP contribution is 2.49. The van der Waals surface area contributed by atoms with Gasteiger partial charge in [0, 0.05) is 31.2 Å². The SMILES string of the molecule is O=C([C@H]1C[C@@H]1c1ccccc1F)N1CCC(Nc2cccnn2)CC1. The van der Waals surface area contributed by atoms with E-state index in [1.54, 1.807) is 18.3 Å². The predicted octanol–water partition coefficient (Wildman–Crippen LogP) is 2.82. The van der Waals surface area contributed by atoms with E-state index in [2.05, 4.69) is 15.5 Å². The number of piperidine rings is 1. The van der Waals surface area contributed by atoms with Crippen LogP contribution in [0, 0.1) is 11.7 Å². The van der Waals surface area contributed by atoms with Crippen LogP contribution >= 0.6 is 0 Å². The number of benzene rings is 1. The van der Waals surface area contributed by atoms with Crippen LogP contribution in [0.2, 0.25) is 0 Å². The lowest BCUT2D eigenvalue weighted by Gasteiger charge is -2.32. The fraction of sp³-hybridized carbons (Fsp3) is 0.421. The highest BCUT2D eigenvalue weighted by molar-refractivity contribution is 5.83. The van der Waals surface area contributed by atoms with Crippen molar-refractivity contribution in [1.29, 1.82) is 0 Å². The Labute approximate surface area is 146 Å². The molecule has 1 aromatic heterocycles. The van der Waals surface area contributed by atoms with Gasteiger partial charge in [-0.05, 0) is 48.9 Å². The van der Waals surface area contributed by atoms with Crippen molar-refractivity contribution < 1.29 is 9.18 Å². The van der Waals surface area contributed by atoms with E-state index in [4.69, 9.17) is 0 Å². The Morgan fingerprint density at radius 3 is 2.68 bits per heavy atom. The number of nitrogens with one attached hydrogen (secondary N) is 1. The lowest BCUT2D eigenvalue weighted by Crippen LogP contribution is -2.43. The Morgan fingerprint density at radius 2 is 1.96 bits per heavy atom. The monoisotopic (exact) mass is 340 g/mol. The molecule has 1 saturated carbocycles. The van der Waals surface area contributed by atoms with Gasteiger partial charge in [-0.15, -0.1) is 5.10 Å². The number of rotatable bonds is 4. The van der Waals surface area contributed by atoms with Gasteiger partial charge in [-0.1, -0.05) is 18.2 Å². The molecule has 2 aromatic rings. The minimum atomic E-state index is -0.199. The van der Waals surface area contributed by atoms with Gasteiger partial charge in [0.15, 0.2) is 0 Å². The maximum atomic E-state index is 13.9. The molecule has 25 heavy (non-hydrogen) atoms. The van der Waals surface area contributed by atoms with Crippen molar-refractivity contribution in [3.63, 3.8) is 0 Å². The van der Waals surface area contributed by atoms with Gasteiger partial charge in [0.05, 0.1) is 0 Å². The fourth-order valence-corrected chi connectivity index (χ4v) is 3.65. The molecule has 130 valence electrons. The molecule has 2 atom stereocenters. The molecule has 1 aromatic carbocycles. The van der Waals surface area contributed by atoms with Gasteiger partial charge in [0.2, 0.25) is 5.91 Å². The third kappa shape index (κ3) is 3.48. The second kappa shape index (κ2) is 6.78. The summed E-state index contributed by atoms with van der Waals surface area (Å²) in [5, 5.41) is 11.3. The number of halogens is 1. The Kier molecular flexibility index (Phi) is 4.34. The molecule has 1 saturated heterocycles. The molecule has 2 heterocycles. The quantitative estimate of drug-likeness (QED) is 0.930. The van der Waals surface area contributed by atoms with Crippen molar-refractivity contribution in [2.24, 2.45) is 5.92 Å². The summed E-state index contributed by atoms with van der Waals surface area (Å²) in [4.78, 5) is 14.6. The number of nitrogens with zero attached hydrogens (tertiary/aromatic N) is 3. The van der Waals surface area contributed by atoms with Gasteiger partial charge in [-0.3, -0.25) is 4.79 Å². The molecule has 2 fully saturated rings. The first-order valence-electron chi connectivity index (χ1n) is 8.80. The van der Waals surface area contributed by atoms with Crippen LogP contribution in [0.1, 0.15) is 30.7 Å². The molecule has 1 aliphatic carbocycles. The largest absolute Gasteiger partial charge is 0.366 e. The smallest absolute Gasteiger partial charge is 0.226 e. The van der Waals surface area contributed by atoms with Crippen LogP contribution in [-0.4, -0.2) is 40.1 Å². The van der Waals surface area contributed by atoms with E-state index in [1.807, 2.05) is 23.1 Å². The molecule has 0 radical (unpaired) electrons. The van der Waals surface area contributed by atoms with Crippen molar-refractivity contribution in [3.8, 4) is 0 Å². The van der Waals surface area contributed by atoms with Crippen molar-refractivity contribution in [3.05, 3.63) is 54.0 Å². The molecule has 5 nitrogen and oxygen atoms in total. The number of anilines is 1. The van der Waals surface area contributed by atoms with E-state index in [0.29, 0.717) is 11.6 Å². The van der Waals surface area contributed by atoms with Crippen LogP contribution in [0.15, 0.2) is 42.6 Å². The zero-order valence-electron chi connectivity index (χ0n) is 13.9. The number of hydrogen-bond donors (Lipinski definition) is 1. The van der Waals surface area contributed by atoms with Crippen molar-refractivity contribution in [1.82, 2.24) is 15.1 Å². The first-order valence-corrected chi connectivity index (χ1v) is 8.80. The number of aromatic nitrogens is 2. The molecule has 0 unspecified atom stereocenters. The number of carbonyl (C=O) groups excluding carboxylic acids is 1. The molecular weight excluding hydrogens is 319 g/mol. The third-order valence-corrected chi connectivity index (χ3v) is 5.14. The van der Waals surface area contributed by atoms with Crippen molar-refractivity contribution in [2.75, 3.05) is 18.4 Å². The molecule has 1 aliphatic heterocycles. The summed E-state index contributed by atoms with van der Waals surface area (Å²) in [5.74, 6) is 0.737. The van der Waals surface area contributed by atoms with Crippen molar-refractivity contribution in [2.45, 2.75) is 31.2 Å². The summed E-state index contributed by atoms with van der Waals surface area (Å²) >= 11 is 0. The summed E-state index contributed by atoms with van der Waals surface area (Å²) in [7, 11) is 0. The van der Waals surface area contributed by atoms with E-state index in [9.17, 15) is 9.18 Å². The standard InChI is InChI=1S/C19H21FN4O/c20-17-5-2-1-4-14(17)15-12-16(15)19(25)24-10-7-13(8-11-24)22-18-6-3-9-21-23-18/h1-6,9,13,15-16H,7-8,10-12H2,(H,22,23)/t15-,16+/m1/s1. The summed E-state index contributed by atoms with van der Waals surface area (Å²) < 4.78 is 13.9. The second-order valence-corrected chi connectivity index (χ2v) is 6.82. The van der Waals surface area contributed by atoms with E-state index in [0.717, 1.165) is 38.2 Å². The Balaban J connectivity index is 1.30. The Morgan fingerprint density at radius 1 is 1.16 bits per heavy atom. The number of carbonyl (C=O) groups is 1. The van der Waals surface area contributed by atoms with E-state index in [-0.39, 0.29) is 23.6 Å². The highest BCUT2D eigenvalue weighted by atomic mass is 19.1. The molecule has 2 aliphatic rings. The summed E-state index contributed by atoms with van der Waals surface area (Å²) in [6, 6.07) is 10.8. The van der Waals surface area contributed by atoms with Gasteiger partial charge in [0.1, 0.15) is 11.6 Å². The molecule has 6 heteroatoms. The molecule has 1 amide bonds. The lowest BCUT2D eigenvalue weighted by atomic mass is 10.0. The Hall–Kier alpha value is -2.50. The average Bonchev–Trinajstić information content (AvgIpc) is 3.44.